The molecule has 0 radical (unpaired) electrons. The molecule has 106 valence electrons. The summed E-state index contributed by atoms with van der Waals surface area (Å²) in [5, 5.41) is 11.6. The third-order valence-electron chi connectivity index (χ3n) is 3.81. The Balaban J connectivity index is 1.80. The Bertz CT molecular complexity index is 593. The first kappa shape index (κ1) is 13.1. The van der Waals surface area contributed by atoms with Gasteiger partial charge in [-0.3, -0.25) is 0 Å². The van der Waals surface area contributed by atoms with E-state index in [1.54, 1.807) is 6.33 Å². The molecular weight excluding hydrogens is 252 g/mol. The molecule has 5 nitrogen and oxygen atoms in total. The van der Waals surface area contributed by atoms with Crippen LogP contribution < -0.4 is 10.1 Å². The van der Waals surface area contributed by atoms with Crippen molar-refractivity contribution in [2.24, 2.45) is 7.05 Å². The smallest absolute Gasteiger partial charge is 0.146 e. The van der Waals surface area contributed by atoms with Crippen LogP contribution in [0.25, 0.3) is 0 Å². The Morgan fingerprint density at radius 3 is 3.15 bits per heavy atom. The second-order valence-corrected chi connectivity index (χ2v) is 5.28. The minimum Gasteiger partial charge on any atom is -0.493 e. The molecule has 2 heterocycles. The molecule has 5 heteroatoms. The molecule has 1 N–H and O–H groups in total. The summed E-state index contributed by atoms with van der Waals surface area (Å²) in [5.41, 5.74) is 2.46. The highest BCUT2D eigenvalue weighted by Crippen LogP contribution is 2.34. The molecule has 1 aromatic carbocycles. The number of ether oxygens (including phenoxy) is 1. The van der Waals surface area contributed by atoms with Gasteiger partial charge in [-0.25, -0.2) is 0 Å². The average molecular weight is 272 g/mol. The number of nitrogens with zero attached hydrogens (tertiary/aromatic N) is 3. The standard InChI is InChI=1S/C15H20N4O/c1-11-5-3-6-12-13(7-4-8-20-15(11)12)16-9-14-18-17-10-19(14)2/h3,5-6,10,13,16H,4,7-9H2,1-2H3. The Kier molecular flexibility index (Phi) is 3.69. The van der Waals surface area contributed by atoms with E-state index in [1.165, 1.54) is 11.1 Å². The summed E-state index contributed by atoms with van der Waals surface area (Å²) >= 11 is 0. The van der Waals surface area contributed by atoms with Crippen molar-refractivity contribution in [1.29, 1.82) is 0 Å². The zero-order valence-corrected chi connectivity index (χ0v) is 12.0. The molecule has 1 unspecified atom stereocenters. The number of hydrogen-bond donors (Lipinski definition) is 1. The SMILES string of the molecule is Cc1cccc2c1OCCCC2NCc1nncn1C. The summed E-state index contributed by atoms with van der Waals surface area (Å²) in [5.74, 6) is 1.99. The van der Waals surface area contributed by atoms with E-state index in [1.807, 2.05) is 11.6 Å². The maximum absolute atomic E-state index is 5.90. The van der Waals surface area contributed by atoms with Gasteiger partial charge in [-0.1, -0.05) is 18.2 Å². The quantitative estimate of drug-likeness (QED) is 0.930. The predicted octanol–water partition coefficient (Wildman–Crippen LogP) is 2.13. The van der Waals surface area contributed by atoms with Gasteiger partial charge in [0.2, 0.25) is 0 Å². The second kappa shape index (κ2) is 5.63. The topological polar surface area (TPSA) is 52.0 Å². The van der Waals surface area contributed by atoms with Gasteiger partial charge < -0.3 is 14.6 Å². The van der Waals surface area contributed by atoms with Crippen LogP contribution in [-0.2, 0) is 13.6 Å². The van der Waals surface area contributed by atoms with Crippen molar-refractivity contribution in [2.45, 2.75) is 32.4 Å². The molecule has 3 rings (SSSR count). The largest absolute Gasteiger partial charge is 0.493 e. The van der Waals surface area contributed by atoms with Crippen LogP contribution in [0.15, 0.2) is 24.5 Å². The maximum atomic E-state index is 5.90. The fourth-order valence-electron chi connectivity index (χ4n) is 2.66. The van der Waals surface area contributed by atoms with E-state index in [0.717, 1.165) is 31.0 Å². The molecule has 2 aromatic rings. The summed E-state index contributed by atoms with van der Waals surface area (Å²) in [7, 11) is 1.96. The lowest BCUT2D eigenvalue weighted by molar-refractivity contribution is 0.313. The van der Waals surface area contributed by atoms with Crippen LogP contribution in [0.2, 0.25) is 0 Å². The molecule has 0 bridgehead atoms. The van der Waals surface area contributed by atoms with Gasteiger partial charge in [-0.05, 0) is 25.3 Å². The van der Waals surface area contributed by atoms with E-state index in [2.05, 4.69) is 40.6 Å². The average Bonchev–Trinajstić information content (AvgIpc) is 2.73. The Hall–Kier alpha value is -1.88. The molecular formula is C15H20N4O. The number of para-hydroxylation sites is 1. The van der Waals surface area contributed by atoms with Crippen LogP contribution in [-0.4, -0.2) is 21.4 Å². The van der Waals surface area contributed by atoms with Crippen LogP contribution in [0.1, 0.15) is 35.8 Å². The molecule has 0 saturated carbocycles. The van der Waals surface area contributed by atoms with E-state index >= 15 is 0 Å². The molecule has 0 fully saturated rings. The number of rotatable bonds is 3. The van der Waals surface area contributed by atoms with Crippen molar-refractivity contribution in [2.75, 3.05) is 6.61 Å². The van der Waals surface area contributed by atoms with Crippen molar-refractivity contribution < 1.29 is 4.74 Å². The highest BCUT2D eigenvalue weighted by molar-refractivity contribution is 5.43. The highest BCUT2D eigenvalue weighted by atomic mass is 16.5. The molecule has 0 saturated heterocycles. The van der Waals surface area contributed by atoms with Crippen molar-refractivity contribution in [1.82, 2.24) is 20.1 Å². The van der Waals surface area contributed by atoms with Crippen LogP contribution in [0.4, 0.5) is 0 Å². The number of aryl methyl sites for hydroxylation is 2. The monoisotopic (exact) mass is 272 g/mol. The zero-order chi connectivity index (χ0) is 13.9. The lowest BCUT2D eigenvalue weighted by Crippen LogP contribution is -2.22. The second-order valence-electron chi connectivity index (χ2n) is 5.28. The van der Waals surface area contributed by atoms with Crippen molar-refractivity contribution in [3.63, 3.8) is 0 Å². The first-order chi connectivity index (χ1) is 9.75. The Labute approximate surface area is 119 Å². The number of benzene rings is 1. The summed E-state index contributed by atoms with van der Waals surface area (Å²) < 4.78 is 7.84. The molecule has 1 aliphatic rings. The Morgan fingerprint density at radius 1 is 1.45 bits per heavy atom. The molecule has 1 atom stereocenters. The number of aromatic nitrogens is 3. The van der Waals surface area contributed by atoms with Gasteiger partial charge in [0.25, 0.3) is 0 Å². The van der Waals surface area contributed by atoms with Crippen LogP contribution in [0, 0.1) is 6.92 Å². The van der Waals surface area contributed by atoms with Crippen LogP contribution in [0.3, 0.4) is 0 Å². The highest BCUT2D eigenvalue weighted by Gasteiger charge is 2.20. The van der Waals surface area contributed by atoms with E-state index in [0.29, 0.717) is 12.6 Å². The summed E-state index contributed by atoms with van der Waals surface area (Å²) in [6, 6.07) is 6.66. The predicted molar refractivity (Wildman–Crippen MR) is 76.5 cm³/mol. The van der Waals surface area contributed by atoms with Crippen molar-refractivity contribution in [3.05, 3.63) is 41.5 Å². The lowest BCUT2D eigenvalue weighted by atomic mass is 10.00. The number of nitrogens with one attached hydrogen (secondary N) is 1. The first-order valence-corrected chi connectivity index (χ1v) is 7.04. The van der Waals surface area contributed by atoms with Crippen molar-refractivity contribution >= 4 is 0 Å². The third kappa shape index (κ3) is 2.54. The fraction of sp³-hybridized carbons (Fsp3) is 0.467. The van der Waals surface area contributed by atoms with Crippen LogP contribution in [0.5, 0.6) is 5.75 Å². The lowest BCUT2D eigenvalue weighted by Gasteiger charge is -2.19. The minimum atomic E-state index is 0.309. The van der Waals surface area contributed by atoms with Gasteiger partial charge in [0.1, 0.15) is 17.9 Å². The minimum absolute atomic E-state index is 0.309. The molecule has 1 aliphatic heterocycles. The third-order valence-corrected chi connectivity index (χ3v) is 3.81. The molecule has 1 aromatic heterocycles. The van der Waals surface area contributed by atoms with Gasteiger partial charge in [-0.15, -0.1) is 10.2 Å². The molecule has 20 heavy (non-hydrogen) atoms. The molecule has 0 amide bonds. The van der Waals surface area contributed by atoms with E-state index in [-0.39, 0.29) is 0 Å². The van der Waals surface area contributed by atoms with Gasteiger partial charge in [0.05, 0.1) is 13.2 Å². The Morgan fingerprint density at radius 2 is 2.35 bits per heavy atom. The van der Waals surface area contributed by atoms with E-state index in [4.69, 9.17) is 4.74 Å². The molecule has 0 spiro atoms. The van der Waals surface area contributed by atoms with Gasteiger partial charge in [0.15, 0.2) is 0 Å². The van der Waals surface area contributed by atoms with E-state index in [9.17, 15) is 0 Å². The fourth-order valence-corrected chi connectivity index (χ4v) is 2.66. The normalized spacial score (nSPS) is 18.2. The van der Waals surface area contributed by atoms with Crippen molar-refractivity contribution in [3.8, 4) is 5.75 Å². The zero-order valence-electron chi connectivity index (χ0n) is 12.0. The maximum Gasteiger partial charge on any atom is 0.146 e. The summed E-state index contributed by atoms with van der Waals surface area (Å²) in [6.45, 7) is 3.61. The summed E-state index contributed by atoms with van der Waals surface area (Å²) in [6.07, 6.45) is 3.87. The number of hydrogen-bond acceptors (Lipinski definition) is 4. The van der Waals surface area contributed by atoms with Crippen LogP contribution >= 0.6 is 0 Å². The summed E-state index contributed by atoms with van der Waals surface area (Å²) in [4.78, 5) is 0. The molecule has 0 aliphatic carbocycles. The van der Waals surface area contributed by atoms with E-state index < -0.39 is 0 Å². The van der Waals surface area contributed by atoms with Gasteiger partial charge >= 0.3 is 0 Å². The van der Waals surface area contributed by atoms with Gasteiger partial charge in [0, 0.05) is 18.7 Å². The number of fused-ring (bicyclic) bond motifs is 1. The van der Waals surface area contributed by atoms with Gasteiger partial charge in [-0.2, -0.15) is 0 Å². The first-order valence-electron chi connectivity index (χ1n) is 7.04.